The first-order chi connectivity index (χ1) is 8.88. The number of rotatable bonds is 4. The maximum absolute atomic E-state index is 12.4. The fourth-order valence-corrected chi connectivity index (χ4v) is 4.18. The number of benzene rings is 1. The summed E-state index contributed by atoms with van der Waals surface area (Å²) in [7, 11) is -3.48. The number of nitrogens with two attached hydrogens (primary N) is 1. The molecule has 0 unspecified atom stereocenters. The van der Waals surface area contributed by atoms with Crippen LogP contribution in [0.2, 0.25) is 0 Å². The van der Waals surface area contributed by atoms with Gasteiger partial charge in [0, 0.05) is 12.1 Å². The van der Waals surface area contributed by atoms with E-state index in [4.69, 9.17) is 5.73 Å². The molecule has 1 aromatic rings. The van der Waals surface area contributed by atoms with E-state index in [0.717, 1.165) is 36.8 Å². The highest BCUT2D eigenvalue weighted by Crippen LogP contribution is 2.30. The first-order valence-electron chi connectivity index (χ1n) is 6.70. The lowest BCUT2D eigenvalue weighted by Crippen LogP contribution is -2.51. The molecule has 1 aliphatic carbocycles. The highest BCUT2D eigenvalue weighted by molar-refractivity contribution is 7.89. The maximum atomic E-state index is 12.4. The van der Waals surface area contributed by atoms with Gasteiger partial charge in [0.1, 0.15) is 0 Å². The number of hydrogen-bond acceptors (Lipinski definition) is 3. The van der Waals surface area contributed by atoms with E-state index in [1.54, 1.807) is 12.1 Å². The summed E-state index contributed by atoms with van der Waals surface area (Å²) >= 11 is 0. The molecule has 1 fully saturated rings. The van der Waals surface area contributed by atoms with Gasteiger partial charge in [0.15, 0.2) is 0 Å². The first-order valence-corrected chi connectivity index (χ1v) is 8.18. The summed E-state index contributed by atoms with van der Waals surface area (Å²) in [5.74, 6) is 0. The molecule has 3 N–H and O–H groups in total. The molecule has 6 heteroatoms. The Labute approximate surface area is 127 Å². The lowest BCUT2D eigenvalue weighted by atomic mass is 10.0. The van der Waals surface area contributed by atoms with Crippen molar-refractivity contribution in [3.05, 3.63) is 29.3 Å². The summed E-state index contributed by atoms with van der Waals surface area (Å²) in [4.78, 5) is 0.329. The second kappa shape index (κ2) is 6.43. The van der Waals surface area contributed by atoms with E-state index < -0.39 is 15.6 Å². The van der Waals surface area contributed by atoms with Crippen molar-refractivity contribution in [2.45, 2.75) is 50.0 Å². The molecule has 0 saturated heterocycles. The lowest BCUT2D eigenvalue weighted by molar-refractivity contribution is 0.399. The van der Waals surface area contributed by atoms with Crippen molar-refractivity contribution < 1.29 is 8.42 Å². The van der Waals surface area contributed by atoms with Gasteiger partial charge < -0.3 is 5.73 Å². The van der Waals surface area contributed by atoms with Gasteiger partial charge in [0.2, 0.25) is 10.0 Å². The zero-order valence-corrected chi connectivity index (χ0v) is 13.6. The van der Waals surface area contributed by atoms with E-state index >= 15 is 0 Å². The summed E-state index contributed by atoms with van der Waals surface area (Å²) < 4.78 is 27.7. The second-order valence-corrected chi connectivity index (χ2v) is 7.23. The molecule has 1 aromatic carbocycles. The number of aryl methyl sites for hydroxylation is 2. The Morgan fingerprint density at radius 3 is 2.30 bits per heavy atom. The molecule has 0 atom stereocenters. The van der Waals surface area contributed by atoms with Gasteiger partial charge in [0.25, 0.3) is 0 Å². The first kappa shape index (κ1) is 17.4. The van der Waals surface area contributed by atoms with Crippen molar-refractivity contribution in [1.29, 1.82) is 0 Å². The van der Waals surface area contributed by atoms with Crippen LogP contribution in [0.15, 0.2) is 23.1 Å². The molecule has 114 valence electrons. The normalized spacial score (nSPS) is 17.8. The van der Waals surface area contributed by atoms with Gasteiger partial charge in [-0.1, -0.05) is 18.9 Å². The van der Waals surface area contributed by atoms with Gasteiger partial charge in [-0.3, -0.25) is 0 Å². The third kappa shape index (κ3) is 3.52. The Morgan fingerprint density at radius 1 is 1.20 bits per heavy atom. The zero-order valence-electron chi connectivity index (χ0n) is 12.0. The Kier molecular flexibility index (Phi) is 5.61. The van der Waals surface area contributed by atoms with Crippen LogP contribution in [0.1, 0.15) is 36.8 Å². The summed E-state index contributed by atoms with van der Waals surface area (Å²) in [5, 5.41) is 0. The predicted octanol–water partition coefficient (Wildman–Crippen LogP) is 2.28. The Bertz CT molecular complexity index is 567. The molecular weight excluding hydrogens is 296 g/mol. The topological polar surface area (TPSA) is 72.2 Å². The van der Waals surface area contributed by atoms with Crippen LogP contribution in [0.3, 0.4) is 0 Å². The number of halogens is 1. The van der Waals surface area contributed by atoms with Gasteiger partial charge >= 0.3 is 0 Å². The van der Waals surface area contributed by atoms with Crippen molar-refractivity contribution in [1.82, 2.24) is 4.72 Å². The smallest absolute Gasteiger partial charge is 0.241 e. The average molecular weight is 319 g/mol. The van der Waals surface area contributed by atoms with Crippen LogP contribution in [0.5, 0.6) is 0 Å². The quantitative estimate of drug-likeness (QED) is 0.894. The number of hydrogen-bond donors (Lipinski definition) is 2. The van der Waals surface area contributed by atoms with Crippen molar-refractivity contribution >= 4 is 22.4 Å². The van der Waals surface area contributed by atoms with Crippen LogP contribution >= 0.6 is 12.4 Å². The second-order valence-electron chi connectivity index (χ2n) is 5.54. The van der Waals surface area contributed by atoms with Gasteiger partial charge in [-0.25, -0.2) is 13.1 Å². The molecule has 0 heterocycles. The molecule has 0 aromatic heterocycles. The van der Waals surface area contributed by atoms with Gasteiger partial charge in [-0.2, -0.15) is 0 Å². The van der Waals surface area contributed by atoms with E-state index in [0.29, 0.717) is 11.4 Å². The number of sulfonamides is 1. The third-order valence-electron chi connectivity index (χ3n) is 4.09. The van der Waals surface area contributed by atoms with Crippen molar-refractivity contribution in [3.63, 3.8) is 0 Å². The maximum Gasteiger partial charge on any atom is 0.241 e. The van der Waals surface area contributed by atoms with Crippen LogP contribution in [0.25, 0.3) is 0 Å². The molecular formula is C14H23ClN2O2S. The highest BCUT2D eigenvalue weighted by Gasteiger charge is 2.36. The zero-order chi connectivity index (χ0) is 14.1. The standard InChI is InChI=1S/C14H22N2O2S.ClH/c1-11-5-6-13(9-12(11)2)19(17,18)16-14(10-15)7-3-4-8-14;/h5-6,9,16H,3-4,7-8,10,15H2,1-2H3;1H. The van der Waals surface area contributed by atoms with Crippen molar-refractivity contribution in [2.75, 3.05) is 6.54 Å². The van der Waals surface area contributed by atoms with Crippen LogP contribution in [0.4, 0.5) is 0 Å². The minimum absolute atomic E-state index is 0. The van der Waals surface area contributed by atoms with Gasteiger partial charge in [0.05, 0.1) is 4.90 Å². The van der Waals surface area contributed by atoms with E-state index in [2.05, 4.69) is 4.72 Å². The van der Waals surface area contributed by atoms with E-state index in [1.807, 2.05) is 19.9 Å². The molecule has 0 bridgehead atoms. The molecule has 0 spiro atoms. The predicted molar refractivity (Wildman–Crippen MR) is 83.7 cm³/mol. The van der Waals surface area contributed by atoms with Crippen LogP contribution in [0, 0.1) is 13.8 Å². The van der Waals surface area contributed by atoms with E-state index in [9.17, 15) is 8.42 Å². The van der Waals surface area contributed by atoms with Crippen LogP contribution in [-0.4, -0.2) is 20.5 Å². The van der Waals surface area contributed by atoms with E-state index in [-0.39, 0.29) is 12.4 Å². The van der Waals surface area contributed by atoms with E-state index in [1.165, 1.54) is 0 Å². The average Bonchev–Trinajstić information content (AvgIpc) is 2.81. The fraction of sp³-hybridized carbons (Fsp3) is 0.571. The van der Waals surface area contributed by atoms with Gasteiger partial charge in [-0.15, -0.1) is 12.4 Å². The Balaban J connectivity index is 0.00000200. The lowest BCUT2D eigenvalue weighted by Gasteiger charge is -2.28. The SMILES string of the molecule is Cc1ccc(S(=O)(=O)NC2(CN)CCCC2)cc1C.Cl. The molecule has 1 aliphatic rings. The molecule has 1 saturated carbocycles. The minimum atomic E-state index is -3.48. The monoisotopic (exact) mass is 318 g/mol. The van der Waals surface area contributed by atoms with Crippen LogP contribution in [-0.2, 0) is 10.0 Å². The largest absolute Gasteiger partial charge is 0.329 e. The summed E-state index contributed by atoms with van der Waals surface area (Å²) in [6, 6.07) is 5.22. The van der Waals surface area contributed by atoms with Crippen molar-refractivity contribution in [2.24, 2.45) is 5.73 Å². The Morgan fingerprint density at radius 2 is 1.80 bits per heavy atom. The molecule has 2 rings (SSSR count). The molecule has 4 nitrogen and oxygen atoms in total. The summed E-state index contributed by atoms with van der Waals surface area (Å²) in [6.45, 7) is 4.25. The molecule has 0 radical (unpaired) electrons. The highest BCUT2D eigenvalue weighted by atomic mass is 35.5. The molecule has 0 aliphatic heterocycles. The fourth-order valence-electron chi connectivity index (χ4n) is 2.62. The Hall–Kier alpha value is -0.620. The summed E-state index contributed by atoms with van der Waals surface area (Å²) in [5.41, 5.74) is 7.41. The minimum Gasteiger partial charge on any atom is -0.329 e. The summed E-state index contributed by atoms with van der Waals surface area (Å²) in [6.07, 6.45) is 3.72. The molecule has 20 heavy (non-hydrogen) atoms. The van der Waals surface area contributed by atoms with Gasteiger partial charge in [-0.05, 0) is 49.9 Å². The number of nitrogens with one attached hydrogen (secondary N) is 1. The van der Waals surface area contributed by atoms with Crippen molar-refractivity contribution in [3.8, 4) is 0 Å². The third-order valence-corrected chi connectivity index (χ3v) is 5.67. The van der Waals surface area contributed by atoms with Crippen LogP contribution < -0.4 is 10.5 Å². The molecule has 0 amide bonds.